The van der Waals surface area contributed by atoms with Gasteiger partial charge in [-0.2, -0.15) is 0 Å². The third kappa shape index (κ3) is 2.63. The van der Waals surface area contributed by atoms with E-state index >= 15 is 0 Å². The normalized spacial score (nSPS) is 11.2. The standard InChI is InChI=1S/C16H15ClFN3/c1-2-11-4-3-7-19-14(11)10-21-15-8-12(18)5-6-13(15)20-16(21)9-17/h3-8H,2,9-10H2,1H3. The number of benzene rings is 1. The van der Waals surface area contributed by atoms with E-state index in [1.807, 2.05) is 10.6 Å². The number of rotatable bonds is 4. The molecule has 108 valence electrons. The van der Waals surface area contributed by atoms with Crippen molar-refractivity contribution in [3.63, 3.8) is 0 Å². The van der Waals surface area contributed by atoms with Crippen LogP contribution >= 0.6 is 11.6 Å². The van der Waals surface area contributed by atoms with Crippen LogP contribution in [0, 0.1) is 5.82 Å². The zero-order valence-corrected chi connectivity index (χ0v) is 12.4. The quantitative estimate of drug-likeness (QED) is 0.684. The van der Waals surface area contributed by atoms with Crippen molar-refractivity contribution in [1.82, 2.24) is 14.5 Å². The number of nitrogens with zero attached hydrogens (tertiary/aromatic N) is 3. The van der Waals surface area contributed by atoms with Crippen LogP contribution in [-0.2, 0) is 18.8 Å². The van der Waals surface area contributed by atoms with Gasteiger partial charge in [0.15, 0.2) is 0 Å². The Morgan fingerprint density at radius 3 is 2.90 bits per heavy atom. The highest BCUT2D eigenvalue weighted by Crippen LogP contribution is 2.21. The third-order valence-corrected chi connectivity index (χ3v) is 3.82. The van der Waals surface area contributed by atoms with Gasteiger partial charge >= 0.3 is 0 Å². The molecule has 0 fully saturated rings. The van der Waals surface area contributed by atoms with Crippen molar-refractivity contribution >= 4 is 22.6 Å². The molecule has 1 aromatic carbocycles. The molecule has 5 heteroatoms. The van der Waals surface area contributed by atoms with Crippen LogP contribution in [-0.4, -0.2) is 14.5 Å². The maximum atomic E-state index is 13.5. The van der Waals surface area contributed by atoms with Gasteiger partial charge in [0.05, 0.1) is 29.2 Å². The van der Waals surface area contributed by atoms with E-state index in [4.69, 9.17) is 11.6 Å². The van der Waals surface area contributed by atoms with Gasteiger partial charge < -0.3 is 4.57 Å². The molecule has 0 atom stereocenters. The number of pyridine rings is 1. The predicted octanol–water partition coefficient (Wildman–Crippen LogP) is 3.92. The van der Waals surface area contributed by atoms with E-state index < -0.39 is 0 Å². The van der Waals surface area contributed by atoms with Crippen LogP contribution in [0.5, 0.6) is 0 Å². The number of fused-ring (bicyclic) bond motifs is 1. The number of alkyl halides is 1. The van der Waals surface area contributed by atoms with Gasteiger partial charge in [0, 0.05) is 6.20 Å². The molecule has 0 saturated carbocycles. The largest absolute Gasteiger partial charge is 0.321 e. The number of hydrogen-bond acceptors (Lipinski definition) is 2. The molecule has 0 aliphatic rings. The molecular weight excluding hydrogens is 289 g/mol. The van der Waals surface area contributed by atoms with Gasteiger partial charge in [-0.15, -0.1) is 11.6 Å². The smallest absolute Gasteiger partial charge is 0.125 e. The van der Waals surface area contributed by atoms with Crippen molar-refractivity contribution in [2.24, 2.45) is 0 Å². The SMILES string of the molecule is CCc1cccnc1Cn1c(CCl)nc2ccc(F)cc21. The maximum absolute atomic E-state index is 13.5. The topological polar surface area (TPSA) is 30.7 Å². The van der Waals surface area contributed by atoms with Crippen LogP contribution in [0.4, 0.5) is 4.39 Å². The second-order valence-corrected chi connectivity index (χ2v) is 5.11. The van der Waals surface area contributed by atoms with Crippen LogP contribution in [0.2, 0.25) is 0 Å². The van der Waals surface area contributed by atoms with E-state index in [0.29, 0.717) is 6.54 Å². The first kappa shape index (κ1) is 14.0. The van der Waals surface area contributed by atoms with Crippen LogP contribution in [0.1, 0.15) is 24.0 Å². The Hall–Kier alpha value is -1.94. The van der Waals surface area contributed by atoms with Gasteiger partial charge in [-0.05, 0) is 36.2 Å². The van der Waals surface area contributed by atoms with Gasteiger partial charge in [-0.25, -0.2) is 9.37 Å². The highest BCUT2D eigenvalue weighted by atomic mass is 35.5. The van der Waals surface area contributed by atoms with Crippen molar-refractivity contribution in [2.45, 2.75) is 25.8 Å². The van der Waals surface area contributed by atoms with Gasteiger partial charge in [0.2, 0.25) is 0 Å². The summed E-state index contributed by atoms with van der Waals surface area (Å²) in [5.41, 5.74) is 3.64. The number of aromatic nitrogens is 3. The average Bonchev–Trinajstić information content (AvgIpc) is 2.85. The minimum absolute atomic E-state index is 0.276. The summed E-state index contributed by atoms with van der Waals surface area (Å²) in [5, 5.41) is 0. The van der Waals surface area contributed by atoms with Gasteiger partial charge in [0.25, 0.3) is 0 Å². The third-order valence-electron chi connectivity index (χ3n) is 3.58. The van der Waals surface area contributed by atoms with E-state index in [9.17, 15) is 4.39 Å². The zero-order chi connectivity index (χ0) is 14.8. The summed E-state index contributed by atoms with van der Waals surface area (Å²) >= 11 is 5.99. The molecule has 3 rings (SSSR count). The summed E-state index contributed by atoms with van der Waals surface area (Å²) < 4.78 is 15.5. The molecule has 3 aromatic rings. The van der Waals surface area contributed by atoms with E-state index in [-0.39, 0.29) is 11.7 Å². The summed E-state index contributed by atoms with van der Waals surface area (Å²) in [4.78, 5) is 8.90. The molecule has 0 aliphatic carbocycles. The molecule has 0 N–H and O–H groups in total. The first-order valence-electron chi connectivity index (χ1n) is 6.86. The Labute approximate surface area is 127 Å². The van der Waals surface area contributed by atoms with Crippen LogP contribution < -0.4 is 0 Å². The molecular formula is C16H15ClFN3. The molecule has 0 bridgehead atoms. The first-order chi connectivity index (χ1) is 10.2. The van der Waals surface area contributed by atoms with Gasteiger partial charge in [-0.3, -0.25) is 4.98 Å². The second-order valence-electron chi connectivity index (χ2n) is 4.84. The molecule has 2 aromatic heterocycles. The lowest BCUT2D eigenvalue weighted by atomic mass is 10.1. The molecule has 0 aliphatic heterocycles. The number of imidazole rings is 1. The van der Waals surface area contributed by atoms with Crippen LogP contribution in [0.25, 0.3) is 11.0 Å². The summed E-state index contributed by atoms with van der Waals surface area (Å²) in [6, 6.07) is 8.57. The molecule has 0 spiro atoms. The second kappa shape index (κ2) is 5.82. The van der Waals surface area contributed by atoms with E-state index in [0.717, 1.165) is 29.0 Å². The van der Waals surface area contributed by atoms with E-state index in [2.05, 4.69) is 23.0 Å². The lowest BCUT2D eigenvalue weighted by Gasteiger charge is -2.10. The Bertz CT molecular complexity index is 782. The summed E-state index contributed by atoms with van der Waals surface area (Å²) in [6.07, 6.45) is 2.68. The van der Waals surface area contributed by atoms with Crippen molar-refractivity contribution in [3.8, 4) is 0 Å². The number of aryl methyl sites for hydroxylation is 1. The number of hydrogen-bond donors (Lipinski definition) is 0. The van der Waals surface area contributed by atoms with Crippen LogP contribution in [0.15, 0.2) is 36.5 Å². The minimum atomic E-state index is -0.276. The maximum Gasteiger partial charge on any atom is 0.125 e. The molecule has 0 saturated heterocycles. The van der Waals surface area contributed by atoms with Gasteiger partial charge in [0.1, 0.15) is 11.6 Å². The Morgan fingerprint density at radius 2 is 2.14 bits per heavy atom. The molecule has 2 heterocycles. The van der Waals surface area contributed by atoms with Crippen molar-refractivity contribution in [1.29, 1.82) is 0 Å². The summed E-state index contributed by atoms with van der Waals surface area (Å²) in [7, 11) is 0. The molecule has 0 radical (unpaired) electrons. The minimum Gasteiger partial charge on any atom is -0.321 e. The lowest BCUT2D eigenvalue weighted by Crippen LogP contribution is -2.08. The van der Waals surface area contributed by atoms with E-state index in [1.54, 1.807) is 12.3 Å². The van der Waals surface area contributed by atoms with E-state index in [1.165, 1.54) is 17.7 Å². The van der Waals surface area contributed by atoms with Crippen LogP contribution in [0.3, 0.4) is 0 Å². The Kier molecular flexibility index (Phi) is 3.88. The summed E-state index contributed by atoms with van der Waals surface area (Å²) in [6.45, 7) is 2.64. The molecule has 0 amide bonds. The fraction of sp³-hybridized carbons (Fsp3) is 0.250. The molecule has 0 unspecified atom stereocenters. The average molecular weight is 304 g/mol. The fourth-order valence-corrected chi connectivity index (χ4v) is 2.71. The molecule has 3 nitrogen and oxygen atoms in total. The fourth-order valence-electron chi connectivity index (χ4n) is 2.51. The lowest BCUT2D eigenvalue weighted by molar-refractivity contribution is 0.628. The number of halogens is 2. The molecule has 21 heavy (non-hydrogen) atoms. The highest BCUT2D eigenvalue weighted by Gasteiger charge is 2.13. The predicted molar refractivity (Wildman–Crippen MR) is 82.0 cm³/mol. The Balaban J connectivity index is 2.12. The van der Waals surface area contributed by atoms with Crippen molar-refractivity contribution in [3.05, 3.63) is 59.4 Å². The highest BCUT2D eigenvalue weighted by molar-refractivity contribution is 6.16. The monoisotopic (exact) mass is 303 g/mol. The Morgan fingerprint density at radius 1 is 1.29 bits per heavy atom. The summed E-state index contributed by atoms with van der Waals surface area (Å²) in [5.74, 6) is 0.733. The van der Waals surface area contributed by atoms with Crippen molar-refractivity contribution in [2.75, 3.05) is 0 Å². The van der Waals surface area contributed by atoms with Crippen molar-refractivity contribution < 1.29 is 4.39 Å². The zero-order valence-electron chi connectivity index (χ0n) is 11.7. The first-order valence-corrected chi connectivity index (χ1v) is 7.39. The van der Waals surface area contributed by atoms with Gasteiger partial charge in [-0.1, -0.05) is 13.0 Å².